The van der Waals surface area contributed by atoms with Crippen LogP contribution in [0.15, 0.2) is 12.1 Å². The molecule has 0 aromatic heterocycles. The van der Waals surface area contributed by atoms with Gasteiger partial charge in [0.25, 0.3) is 0 Å². The molecular weight excluding hydrogens is 264 g/mol. The summed E-state index contributed by atoms with van der Waals surface area (Å²) in [5.41, 5.74) is 11.7. The Morgan fingerprint density at radius 3 is 1.67 bits per heavy atom. The molecule has 1 aromatic carbocycles. The van der Waals surface area contributed by atoms with E-state index in [-0.39, 0.29) is 16.5 Å². The Balaban J connectivity index is 3.96. The van der Waals surface area contributed by atoms with Gasteiger partial charge < -0.3 is 10.6 Å². The number of carbonyl (C=O) groups is 1. The first kappa shape index (κ1) is 17.1. The Labute approximate surface area is 126 Å². The van der Waals surface area contributed by atoms with Crippen LogP contribution in [0.5, 0.6) is 0 Å². The van der Waals surface area contributed by atoms with Crippen molar-refractivity contribution in [2.24, 2.45) is 0 Å². The number of aryl methyl sites for hydroxylation is 1. The lowest BCUT2D eigenvalue weighted by atomic mass is 9.74. The summed E-state index contributed by atoms with van der Waals surface area (Å²) in [5, 5.41) is 9.39. The summed E-state index contributed by atoms with van der Waals surface area (Å²) in [6, 6.07) is 3.94. The zero-order chi connectivity index (χ0) is 16.6. The third-order valence-corrected chi connectivity index (χ3v) is 3.44. The van der Waals surface area contributed by atoms with E-state index in [0.717, 1.165) is 16.7 Å². The van der Waals surface area contributed by atoms with Crippen LogP contribution >= 0.6 is 0 Å². The first-order chi connectivity index (χ1) is 9.39. The van der Waals surface area contributed by atoms with Crippen molar-refractivity contribution in [3.8, 4) is 0 Å². The number of hydrogen-bond donors (Lipinski definition) is 1. The molecule has 4 heteroatoms. The van der Waals surface area contributed by atoms with E-state index < -0.39 is 5.97 Å². The van der Waals surface area contributed by atoms with Crippen molar-refractivity contribution in [2.75, 3.05) is 0 Å². The van der Waals surface area contributed by atoms with Gasteiger partial charge in [0.2, 0.25) is 0 Å². The van der Waals surface area contributed by atoms with Crippen LogP contribution < -0.4 is 0 Å². The molecule has 0 aliphatic heterocycles. The molecule has 0 saturated carbocycles. The number of aliphatic carboxylic acids is 1. The summed E-state index contributed by atoms with van der Waals surface area (Å²) in [7, 11) is 0. The van der Waals surface area contributed by atoms with Crippen LogP contribution in [-0.4, -0.2) is 21.6 Å². The predicted molar refractivity (Wildman–Crippen MR) is 83.9 cm³/mol. The molecule has 1 N–H and O–H groups in total. The Kier molecular flexibility index (Phi) is 4.45. The average molecular weight is 288 g/mol. The van der Waals surface area contributed by atoms with Crippen molar-refractivity contribution >= 4 is 11.7 Å². The minimum Gasteiger partial charge on any atom is -0.472 e. The number of carboxylic acid groups (broad SMARTS) is 1. The van der Waals surface area contributed by atoms with E-state index in [1.165, 1.54) is 0 Å². The fourth-order valence-electron chi connectivity index (χ4n) is 2.42. The van der Waals surface area contributed by atoms with E-state index in [9.17, 15) is 15.4 Å². The van der Waals surface area contributed by atoms with Gasteiger partial charge in [-0.15, -0.1) is 0 Å². The summed E-state index contributed by atoms with van der Waals surface area (Å²) in [6.45, 7) is 14.1. The highest BCUT2D eigenvalue weighted by Crippen LogP contribution is 2.35. The zero-order valence-electron chi connectivity index (χ0n) is 13.9. The van der Waals surface area contributed by atoms with Gasteiger partial charge in [0.1, 0.15) is 0 Å². The molecule has 0 aliphatic carbocycles. The third kappa shape index (κ3) is 3.59. The highest BCUT2D eigenvalue weighted by Gasteiger charge is 2.35. The molecule has 4 nitrogen and oxygen atoms in total. The van der Waals surface area contributed by atoms with Crippen LogP contribution in [0, 0.1) is 6.92 Å². The third-order valence-electron chi connectivity index (χ3n) is 3.44. The van der Waals surface area contributed by atoms with Gasteiger partial charge >= 0.3 is 11.7 Å². The van der Waals surface area contributed by atoms with Gasteiger partial charge in [-0.1, -0.05) is 59.2 Å². The molecule has 0 radical (unpaired) electrons. The van der Waals surface area contributed by atoms with Gasteiger partial charge in [0, 0.05) is 0 Å². The van der Waals surface area contributed by atoms with Gasteiger partial charge in [-0.3, -0.25) is 0 Å². The van der Waals surface area contributed by atoms with Crippen LogP contribution in [0.25, 0.3) is 5.53 Å². The molecular formula is C17H24N2O2. The smallest absolute Gasteiger partial charge is 0.419 e. The van der Waals surface area contributed by atoms with Gasteiger partial charge in [0.15, 0.2) is 0 Å². The second kappa shape index (κ2) is 5.45. The Hall–Kier alpha value is -1.93. The lowest BCUT2D eigenvalue weighted by Gasteiger charge is -2.28. The van der Waals surface area contributed by atoms with Crippen LogP contribution in [0.3, 0.4) is 0 Å². The molecule has 0 spiro atoms. The second-order valence-electron chi connectivity index (χ2n) is 7.49. The Morgan fingerprint density at radius 1 is 1.05 bits per heavy atom. The minimum atomic E-state index is -1.22. The highest BCUT2D eigenvalue weighted by atomic mass is 16.4. The lowest BCUT2D eigenvalue weighted by molar-refractivity contribution is -0.133. The molecule has 0 unspecified atom stereocenters. The molecule has 0 fully saturated rings. The monoisotopic (exact) mass is 288 g/mol. The summed E-state index contributed by atoms with van der Waals surface area (Å²) in [6.07, 6.45) is 0. The molecule has 114 valence electrons. The van der Waals surface area contributed by atoms with Gasteiger partial charge in [0.05, 0.1) is 5.56 Å². The Bertz CT molecular complexity index is 590. The maximum Gasteiger partial charge on any atom is 0.419 e. The summed E-state index contributed by atoms with van der Waals surface area (Å²) in [5.74, 6) is -1.22. The predicted octanol–water partition coefficient (Wildman–Crippen LogP) is 3.69. The largest absolute Gasteiger partial charge is 0.472 e. The number of carboxylic acids is 1. The van der Waals surface area contributed by atoms with Crippen molar-refractivity contribution in [1.82, 2.24) is 0 Å². The first-order valence-corrected chi connectivity index (χ1v) is 7.01. The maximum atomic E-state index is 11.5. The van der Waals surface area contributed by atoms with E-state index in [2.05, 4.69) is 4.79 Å². The van der Waals surface area contributed by atoms with Crippen molar-refractivity contribution < 1.29 is 14.7 Å². The van der Waals surface area contributed by atoms with Gasteiger partial charge in [-0.2, -0.15) is 4.79 Å². The fourth-order valence-corrected chi connectivity index (χ4v) is 2.42. The number of benzene rings is 1. The number of nitrogens with zero attached hydrogens (tertiary/aromatic N) is 2. The topological polar surface area (TPSA) is 73.7 Å². The highest BCUT2D eigenvalue weighted by molar-refractivity contribution is 6.40. The van der Waals surface area contributed by atoms with Crippen molar-refractivity contribution in [1.29, 1.82) is 0 Å². The molecule has 0 amide bonds. The average Bonchev–Trinajstić information content (AvgIpc) is 2.28. The molecule has 21 heavy (non-hydrogen) atoms. The first-order valence-electron chi connectivity index (χ1n) is 7.01. The van der Waals surface area contributed by atoms with Crippen molar-refractivity contribution in [3.63, 3.8) is 0 Å². The number of hydrogen-bond acceptors (Lipinski definition) is 1. The number of rotatable bonds is 2. The van der Waals surface area contributed by atoms with Crippen molar-refractivity contribution in [3.05, 3.63) is 39.9 Å². The lowest BCUT2D eigenvalue weighted by Crippen LogP contribution is -2.28. The van der Waals surface area contributed by atoms with E-state index in [4.69, 9.17) is 0 Å². The van der Waals surface area contributed by atoms with E-state index in [1.54, 1.807) is 0 Å². The summed E-state index contributed by atoms with van der Waals surface area (Å²) < 4.78 is 0. The Morgan fingerprint density at radius 2 is 1.43 bits per heavy atom. The normalized spacial score (nSPS) is 12.0. The standard InChI is InChI=1S/C17H24N2O2/c1-10-8-11(16(2,3)4)13(14(19-18)15(20)21)12(9-10)17(5,6)7/h8-9H,1-7H3,(H,20,21). The molecule has 1 rings (SSSR count). The minimum absolute atomic E-state index is 0.257. The van der Waals surface area contributed by atoms with Crippen molar-refractivity contribution in [2.45, 2.75) is 59.3 Å². The van der Waals surface area contributed by atoms with Crippen LogP contribution in [-0.2, 0) is 15.6 Å². The molecule has 0 bridgehead atoms. The van der Waals surface area contributed by atoms with Gasteiger partial charge in [-0.25, -0.2) is 4.79 Å². The van der Waals surface area contributed by atoms with Crippen LogP contribution in [0.4, 0.5) is 0 Å². The van der Waals surface area contributed by atoms with E-state index in [1.807, 2.05) is 60.6 Å². The molecule has 0 saturated heterocycles. The SMILES string of the molecule is Cc1cc(C(C)(C)C)c(C(=[N+]=[N-])C(=O)O)c(C(C)(C)C)c1. The van der Waals surface area contributed by atoms with Gasteiger partial charge in [-0.05, 0) is 28.9 Å². The summed E-state index contributed by atoms with van der Waals surface area (Å²) >= 11 is 0. The summed E-state index contributed by atoms with van der Waals surface area (Å²) in [4.78, 5) is 14.5. The van der Waals surface area contributed by atoms with E-state index >= 15 is 0 Å². The maximum absolute atomic E-state index is 11.5. The zero-order valence-corrected chi connectivity index (χ0v) is 13.9. The quantitative estimate of drug-likeness (QED) is 0.512. The second-order valence-corrected chi connectivity index (χ2v) is 7.49. The van der Waals surface area contributed by atoms with Crippen LogP contribution in [0.2, 0.25) is 0 Å². The van der Waals surface area contributed by atoms with Crippen LogP contribution in [0.1, 0.15) is 63.8 Å². The molecule has 0 aliphatic rings. The molecule has 0 atom stereocenters. The molecule has 1 aromatic rings. The van der Waals surface area contributed by atoms with E-state index in [0.29, 0.717) is 5.56 Å². The fraction of sp³-hybridized carbons (Fsp3) is 0.529. The molecule has 0 heterocycles.